The molecule has 0 aliphatic carbocycles. The first-order chi connectivity index (χ1) is 11.5. The van der Waals surface area contributed by atoms with Gasteiger partial charge < -0.3 is 4.90 Å². The number of fused-ring (bicyclic) bond motifs is 1. The Morgan fingerprint density at radius 2 is 2.17 bits per heavy atom. The molecule has 0 unspecified atom stereocenters. The molecule has 1 aromatic heterocycles. The van der Waals surface area contributed by atoms with Gasteiger partial charge in [-0.3, -0.25) is 14.8 Å². The number of carbonyl (C=O) groups excluding carboxylic acids is 1. The minimum absolute atomic E-state index is 0.0357. The summed E-state index contributed by atoms with van der Waals surface area (Å²) in [5.41, 5.74) is 2.40. The van der Waals surface area contributed by atoms with Gasteiger partial charge in [0.25, 0.3) is 0 Å². The van der Waals surface area contributed by atoms with Crippen molar-refractivity contribution in [2.75, 3.05) is 18.0 Å². The van der Waals surface area contributed by atoms with Gasteiger partial charge in [0, 0.05) is 50.7 Å². The summed E-state index contributed by atoms with van der Waals surface area (Å²) >= 11 is 0. The number of benzene rings is 1. The number of amides is 1. The van der Waals surface area contributed by atoms with E-state index in [9.17, 15) is 13.2 Å². The maximum absolute atomic E-state index is 12.4. The second-order valence-corrected chi connectivity index (χ2v) is 7.32. The number of nitrogens with one attached hydrogen (secondary N) is 1. The Labute approximate surface area is 140 Å². The van der Waals surface area contributed by atoms with Gasteiger partial charge >= 0.3 is 0 Å². The summed E-state index contributed by atoms with van der Waals surface area (Å²) in [6.07, 6.45) is 5.89. The lowest BCUT2D eigenvalue weighted by Crippen LogP contribution is -2.27. The average Bonchev–Trinajstić information content (AvgIpc) is 2.99. The number of sulfonamides is 1. The lowest BCUT2D eigenvalue weighted by Gasteiger charge is -2.15. The van der Waals surface area contributed by atoms with E-state index in [-0.39, 0.29) is 17.3 Å². The molecule has 1 aliphatic heterocycles. The number of hydrogen-bond donors (Lipinski definition) is 1. The van der Waals surface area contributed by atoms with Crippen LogP contribution < -0.4 is 9.62 Å². The van der Waals surface area contributed by atoms with Gasteiger partial charge in [-0.15, -0.1) is 0 Å². The largest absolute Gasteiger partial charge is 0.312 e. The van der Waals surface area contributed by atoms with E-state index in [1.54, 1.807) is 35.6 Å². The number of rotatable bonds is 5. The molecule has 0 bridgehead atoms. The van der Waals surface area contributed by atoms with Crippen LogP contribution in [0.5, 0.6) is 0 Å². The van der Waals surface area contributed by atoms with Crippen molar-refractivity contribution in [1.29, 1.82) is 0 Å². The van der Waals surface area contributed by atoms with Gasteiger partial charge in [-0.1, -0.05) is 0 Å². The predicted molar refractivity (Wildman–Crippen MR) is 89.1 cm³/mol. The van der Waals surface area contributed by atoms with Crippen molar-refractivity contribution in [3.63, 3.8) is 0 Å². The first-order valence-corrected chi connectivity index (χ1v) is 9.11. The highest BCUT2D eigenvalue weighted by Crippen LogP contribution is 2.30. The molecule has 24 heavy (non-hydrogen) atoms. The normalized spacial score (nSPS) is 13.8. The van der Waals surface area contributed by atoms with Crippen molar-refractivity contribution in [1.82, 2.24) is 14.7 Å². The number of aromatic nitrogens is 2. The van der Waals surface area contributed by atoms with Crippen LogP contribution in [0.15, 0.2) is 41.7 Å². The molecule has 8 heteroatoms. The molecule has 2 aromatic rings. The summed E-state index contributed by atoms with van der Waals surface area (Å²) in [6.45, 7) is 2.35. The third-order valence-corrected chi connectivity index (χ3v) is 5.39. The maximum atomic E-state index is 12.4. The zero-order chi connectivity index (χ0) is 17.2. The average molecular weight is 346 g/mol. The van der Waals surface area contributed by atoms with Crippen molar-refractivity contribution in [2.45, 2.75) is 24.7 Å². The molecule has 0 atom stereocenters. The van der Waals surface area contributed by atoms with E-state index in [1.807, 2.05) is 0 Å². The molecule has 126 valence electrons. The van der Waals surface area contributed by atoms with Crippen LogP contribution in [-0.4, -0.2) is 37.4 Å². The molecule has 1 N–H and O–H groups in total. The van der Waals surface area contributed by atoms with Crippen LogP contribution in [0.3, 0.4) is 0 Å². The van der Waals surface area contributed by atoms with E-state index < -0.39 is 10.0 Å². The van der Waals surface area contributed by atoms with Gasteiger partial charge in [0.1, 0.15) is 0 Å². The van der Waals surface area contributed by atoms with E-state index in [0.29, 0.717) is 19.4 Å². The van der Waals surface area contributed by atoms with Crippen LogP contribution in [0, 0.1) is 0 Å². The van der Waals surface area contributed by atoms with Crippen molar-refractivity contribution in [2.24, 2.45) is 0 Å². The van der Waals surface area contributed by atoms with Crippen molar-refractivity contribution in [3.05, 3.63) is 48.0 Å². The molecule has 0 radical (unpaired) electrons. The number of carbonyl (C=O) groups is 1. The van der Waals surface area contributed by atoms with Crippen LogP contribution >= 0.6 is 0 Å². The van der Waals surface area contributed by atoms with Crippen LogP contribution in [-0.2, 0) is 27.7 Å². The fourth-order valence-corrected chi connectivity index (χ4v) is 3.81. The number of hydrogen-bond acceptors (Lipinski definition) is 5. The fourth-order valence-electron chi connectivity index (χ4n) is 2.73. The van der Waals surface area contributed by atoms with Crippen molar-refractivity contribution in [3.8, 4) is 0 Å². The summed E-state index contributed by atoms with van der Waals surface area (Å²) in [7, 11) is -3.59. The Bertz CT molecular complexity index is 853. The summed E-state index contributed by atoms with van der Waals surface area (Å²) in [5, 5.41) is 0. The highest BCUT2D eigenvalue weighted by molar-refractivity contribution is 7.89. The Hall–Kier alpha value is -2.32. The zero-order valence-corrected chi connectivity index (χ0v) is 14.1. The Morgan fingerprint density at radius 3 is 2.88 bits per heavy atom. The summed E-state index contributed by atoms with van der Waals surface area (Å²) < 4.78 is 27.4. The minimum Gasteiger partial charge on any atom is -0.312 e. The second kappa shape index (κ2) is 6.66. The van der Waals surface area contributed by atoms with Gasteiger partial charge in [0.15, 0.2) is 0 Å². The SMILES string of the molecule is CC(=O)N1CCc2cc(S(=O)(=O)NCCc3cnccn3)ccc21. The lowest BCUT2D eigenvalue weighted by atomic mass is 10.2. The molecule has 0 spiro atoms. The lowest BCUT2D eigenvalue weighted by molar-refractivity contribution is -0.116. The fraction of sp³-hybridized carbons (Fsp3) is 0.312. The van der Waals surface area contributed by atoms with E-state index in [1.165, 1.54) is 13.0 Å². The van der Waals surface area contributed by atoms with E-state index in [4.69, 9.17) is 0 Å². The molecular weight excluding hydrogens is 328 g/mol. The first kappa shape index (κ1) is 16.5. The van der Waals surface area contributed by atoms with E-state index in [2.05, 4.69) is 14.7 Å². The van der Waals surface area contributed by atoms with Crippen LogP contribution in [0.1, 0.15) is 18.2 Å². The highest BCUT2D eigenvalue weighted by Gasteiger charge is 2.24. The maximum Gasteiger partial charge on any atom is 0.240 e. The molecule has 0 saturated carbocycles. The molecular formula is C16H18N4O3S. The molecule has 0 saturated heterocycles. The summed E-state index contributed by atoms with van der Waals surface area (Å²) in [4.78, 5) is 21.5. The standard InChI is InChI=1S/C16H18N4O3S/c1-12(21)20-9-5-13-10-15(2-3-16(13)20)24(22,23)19-6-4-14-11-17-7-8-18-14/h2-3,7-8,10-11,19H,4-6,9H2,1H3. The van der Waals surface area contributed by atoms with Gasteiger partial charge in [-0.2, -0.15) is 0 Å². The van der Waals surface area contributed by atoms with E-state index >= 15 is 0 Å². The molecule has 2 heterocycles. The quantitative estimate of drug-likeness (QED) is 0.869. The van der Waals surface area contributed by atoms with Gasteiger partial charge in [-0.25, -0.2) is 13.1 Å². The number of anilines is 1. The van der Waals surface area contributed by atoms with Crippen molar-refractivity contribution < 1.29 is 13.2 Å². The van der Waals surface area contributed by atoms with Crippen LogP contribution in [0.4, 0.5) is 5.69 Å². The summed E-state index contributed by atoms with van der Waals surface area (Å²) in [5.74, 6) is -0.0357. The smallest absolute Gasteiger partial charge is 0.240 e. The third kappa shape index (κ3) is 3.44. The highest BCUT2D eigenvalue weighted by atomic mass is 32.2. The Balaban J connectivity index is 1.70. The van der Waals surface area contributed by atoms with Crippen molar-refractivity contribution >= 4 is 21.6 Å². The van der Waals surface area contributed by atoms with Gasteiger partial charge in [-0.05, 0) is 30.2 Å². The Morgan fingerprint density at radius 1 is 1.33 bits per heavy atom. The van der Waals surface area contributed by atoms with Crippen LogP contribution in [0.25, 0.3) is 0 Å². The minimum atomic E-state index is -3.59. The number of nitrogens with zero attached hydrogens (tertiary/aromatic N) is 3. The molecule has 3 rings (SSSR count). The summed E-state index contributed by atoms with van der Waals surface area (Å²) in [6, 6.07) is 4.87. The molecule has 7 nitrogen and oxygen atoms in total. The Kier molecular flexibility index (Phi) is 4.59. The monoisotopic (exact) mass is 346 g/mol. The molecule has 0 fully saturated rings. The predicted octanol–water partition coefficient (Wildman–Crippen LogP) is 0.907. The molecule has 1 aromatic carbocycles. The topological polar surface area (TPSA) is 92.3 Å². The molecule has 1 amide bonds. The zero-order valence-electron chi connectivity index (χ0n) is 13.3. The second-order valence-electron chi connectivity index (χ2n) is 5.56. The van der Waals surface area contributed by atoms with Gasteiger partial charge in [0.05, 0.1) is 10.6 Å². The van der Waals surface area contributed by atoms with Crippen LogP contribution in [0.2, 0.25) is 0 Å². The third-order valence-electron chi connectivity index (χ3n) is 3.93. The molecule has 1 aliphatic rings. The van der Waals surface area contributed by atoms with E-state index in [0.717, 1.165) is 16.9 Å². The van der Waals surface area contributed by atoms with Gasteiger partial charge in [0.2, 0.25) is 15.9 Å². The first-order valence-electron chi connectivity index (χ1n) is 7.63.